The number of amides is 1. The molecule has 0 spiro atoms. The van der Waals surface area contributed by atoms with Crippen LogP contribution in [0.25, 0.3) is 11.3 Å². The van der Waals surface area contributed by atoms with Crippen LogP contribution in [0.2, 0.25) is 5.02 Å². The molecule has 0 radical (unpaired) electrons. The number of rotatable bonds is 5. The second-order valence-corrected chi connectivity index (χ2v) is 6.06. The Labute approximate surface area is 159 Å². The second kappa shape index (κ2) is 7.79. The van der Waals surface area contributed by atoms with Crippen LogP contribution in [-0.4, -0.2) is 26.7 Å². The van der Waals surface area contributed by atoms with Crippen molar-refractivity contribution in [1.29, 1.82) is 0 Å². The standard InChI is InChI=1S/C18H14ClN5O3/c1-11(13-3-2-4-15(9-13)24(26)27)20-23-18(25)17-10-16(21-22-17)12-5-7-14(19)8-6-12/h2-10H,1H3,(H,21,22)(H,23,25). The number of aromatic nitrogens is 2. The molecule has 0 atom stereocenters. The molecule has 0 saturated carbocycles. The molecule has 2 N–H and O–H groups in total. The van der Waals surface area contributed by atoms with Crippen LogP contribution in [0, 0.1) is 10.1 Å². The van der Waals surface area contributed by atoms with Gasteiger partial charge in [0.25, 0.3) is 11.6 Å². The summed E-state index contributed by atoms with van der Waals surface area (Å²) >= 11 is 5.86. The highest BCUT2D eigenvalue weighted by molar-refractivity contribution is 6.30. The molecule has 3 rings (SSSR count). The van der Waals surface area contributed by atoms with Crippen molar-refractivity contribution in [3.63, 3.8) is 0 Å². The van der Waals surface area contributed by atoms with Gasteiger partial charge < -0.3 is 0 Å². The molecule has 27 heavy (non-hydrogen) atoms. The van der Waals surface area contributed by atoms with Crippen LogP contribution < -0.4 is 5.43 Å². The summed E-state index contributed by atoms with van der Waals surface area (Å²) in [5.74, 6) is -0.479. The first-order valence-electron chi connectivity index (χ1n) is 7.85. The summed E-state index contributed by atoms with van der Waals surface area (Å²) in [7, 11) is 0. The highest BCUT2D eigenvalue weighted by Gasteiger charge is 2.12. The second-order valence-electron chi connectivity index (χ2n) is 5.62. The number of carbonyl (C=O) groups excluding carboxylic acids is 1. The van der Waals surface area contributed by atoms with Crippen molar-refractivity contribution >= 4 is 28.9 Å². The summed E-state index contributed by atoms with van der Waals surface area (Å²) in [4.78, 5) is 22.6. The fourth-order valence-electron chi connectivity index (χ4n) is 2.31. The molecule has 0 saturated heterocycles. The van der Waals surface area contributed by atoms with E-state index in [0.29, 0.717) is 22.0 Å². The van der Waals surface area contributed by atoms with Crippen LogP contribution in [0.3, 0.4) is 0 Å². The highest BCUT2D eigenvalue weighted by atomic mass is 35.5. The number of carbonyl (C=O) groups is 1. The van der Waals surface area contributed by atoms with E-state index in [9.17, 15) is 14.9 Å². The minimum absolute atomic E-state index is 0.0467. The van der Waals surface area contributed by atoms with Crippen LogP contribution >= 0.6 is 11.6 Å². The van der Waals surface area contributed by atoms with Gasteiger partial charge in [-0.2, -0.15) is 10.2 Å². The van der Waals surface area contributed by atoms with E-state index < -0.39 is 10.8 Å². The van der Waals surface area contributed by atoms with Crippen molar-refractivity contribution in [2.45, 2.75) is 6.92 Å². The normalized spacial score (nSPS) is 11.3. The summed E-state index contributed by atoms with van der Waals surface area (Å²) in [6.45, 7) is 1.64. The highest BCUT2D eigenvalue weighted by Crippen LogP contribution is 2.20. The first-order valence-corrected chi connectivity index (χ1v) is 8.22. The first kappa shape index (κ1) is 18.3. The Kier molecular flexibility index (Phi) is 5.28. The van der Waals surface area contributed by atoms with E-state index in [0.717, 1.165) is 5.56 Å². The number of hydrazone groups is 1. The molecule has 8 nitrogen and oxygen atoms in total. The van der Waals surface area contributed by atoms with E-state index >= 15 is 0 Å². The Morgan fingerprint density at radius 3 is 2.67 bits per heavy atom. The number of benzene rings is 2. The Hall–Kier alpha value is -3.52. The average molecular weight is 384 g/mol. The molecule has 1 aromatic heterocycles. The molecule has 0 unspecified atom stereocenters. The molecule has 0 bridgehead atoms. The molecule has 0 fully saturated rings. The number of nitro groups is 1. The number of halogens is 1. The van der Waals surface area contributed by atoms with Gasteiger partial charge in [0.2, 0.25) is 0 Å². The van der Waals surface area contributed by atoms with Gasteiger partial charge in [-0.05, 0) is 25.1 Å². The van der Waals surface area contributed by atoms with Gasteiger partial charge in [-0.25, -0.2) is 5.43 Å². The topological polar surface area (TPSA) is 113 Å². The number of nitro benzene ring substituents is 1. The Balaban J connectivity index is 1.72. The van der Waals surface area contributed by atoms with Crippen LogP contribution in [0.1, 0.15) is 23.0 Å². The molecule has 0 aliphatic carbocycles. The van der Waals surface area contributed by atoms with E-state index in [1.807, 2.05) is 0 Å². The van der Waals surface area contributed by atoms with Crippen molar-refractivity contribution < 1.29 is 9.72 Å². The van der Waals surface area contributed by atoms with Gasteiger partial charge in [0.15, 0.2) is 0 Å². The summed E-state index contributed by atoms with van der Waals surface area (Å²) in [5, 5.41) is 22.2. The Morgan fingerprint density at radius 2 is 1.96 bits per heavy atom. The molecule has 2 aromatic carbocycles. The lowest BCUT2D eigenvalue weighted by atomic mass is 10.1. The van der Waals surface area contributed by atoms with Gasteiger partial charge in [0.1, 0.15) is 5.69 Å². The van der Waals surface area contributed by atoms with Crippen molar-refractivity contribution in [1.82, 2.24) is 15.6 Å². The smallest absolute Gasteiger partial charge is 0.272 e. The predicted molar refractivity (Wildman–Crippen MR) is 102 cm³/mol. The number of non-ortho nitro benzene ring substituents is 1. The summed E-state index contributed by atoms with van der Waals surface area (Å²) < 4.78 is 0. The number of hydrogen-bond donors (Lipinski definition) is 2. The van der Waals surface area contributed by atoms with Gasteiger partial charge in [-0.15, -0.1) is 0 Å². The van der Waals surface area contributed by atoms with Gasteiger partial charge in [-0.3, -0.25) is 20.0 Å². The number of nitrogens with zero attached hydrogens (tertiary/aromatic N) is 3. The molecule has 3 aromatic rings. The van der Waals surface area contributed by atoms with Gasteiger partial charge in [0, 0.05) is 28.3 Å². The zero-order chi connectivity index (χ0) is 19.4. The molecule has 0 aliphatic heterocycles. The summed E-state index contributed by atoms with van der Waals surface area (Å²) in [6.07, 6.45) is 0. The third-order valence-electron chi connectivity index (χ3n) is 3.76. The van der Waals surface area contributed by atoms with Crippen molar-refractivity contribution in [3.05, 3.63) is 81.0 Å². The zero-order valence-corrected chi connectivity index (χ0v) is 14.9. The molecule has 1 amide bonds. The minimum Gasteiger partial charge on any atom is -0.272 e. The fraction of sp³-hybridized carbons (Fsp3) is 0.0556. The summed E-state index contributed by atoms with van der Waals surface area (Å²) in [6, 6.07) is 14.7. The molecule has 0 aliphatic rings. The Bertz CT molecular complexity index is 1030. The Morgan fingerprint density at radius 1 is 1.22 bits per heavy atom. The maximum atomic E-state index is 12.2. The van der Waals surface area contributed by atoms with E-state index in [1.165, 1.54) is 12.1 Å². The lowest BCUT2D eigenvalue weighted by molar-refractivity contribution is -0.384. The van der Waals surface area contributed by atoms with Crippen LogP contribution in [0.15, 0.2) is 59.7 Å². The number of aromatic amines is 1. The van der Waals surface area contributed by atoms with Crippen molar-refractivity contribution in [2.75, 3.05) is 0 Å². The molecular formula is C18H14ClN5O3. The van der Waals surface area contributed by atoms with Crippen molar-refractivity contribution in [3.8, 4) is 11.3 Å². The third-order valence-corrected chi connectivity index (χ3v) is 4.01. The van der Waals surface area contributed by atoms with Crippen LogP contribution in [0.5, 0.6) is 0 Å². The predicted octanol–water partition coefficient (Wildman–Crippen LogP) is 3.79. The third kappa shape index (κ3) is 4.36. The maximum absolute atomic E-state index is 12.2. The van der Waals surface area contributed by atoms with Gasteiger partial charge in [0.05, 0.1) is 16.3 Å². The maximum Gasteiger partial charge on any atom is 0.289 e. The molecule has 1 heterocycles. The lowest BCUT2D eigenvalue weighted by Gasteiger charge is -2.02. The number of H-pyrrole nitrogens is 1. The molecule has 9 heteroatoms. The fourth-order valence-corrected chi connectivity index (χ4v) is 2.44. The SMILES string of the molecule is CC(=NNC(=O)c1cc(-c2ccc(Cl)cc2)n[nH]1)c1cccc([N+](=O)[O-])c1. The van der Waals surface area contributed by atoms with E-state index in [-0.39, 0.29) is 11.4 Å². The van der Waals surface area contributed by atoms with E-state index in [1.54, 1.807) is 49.4 Å². The van der Waals surface area contributed by atoms with Gasteiger partial charge >= 0.3 is 0 Å². The largest absolute Gasteiger partial charge is 0.289 e. The zero-order valence-electron chi connectivity index (χ0n) is 14.1. The number of hydrogen-bond acceptors (Lipinski definition) is 5. The molecular weight excluding hydrogens is 370 g/mol. The average Bonchev–Trinajstić information content (AvgIpc) is 3.16. The van der Waals surface area contributed by atoms with E-state index in [2.05, 4.69) is 20.7 Å². The molecule has 136 valence electrons. The minimum atomic E-state index is -0.488. The number of nitrogens with one attached hydrogen (secondary N) is 2. The van der Waals surface area contributed by atoms with E-state index in [4.69, 9.17) is 11.6 Å². The van der Waals surface area contributed by atoms with Crippen LogP contribution in [-0.2, 0) is 0 Å². The van der Waals surface area contributed by atoms with Crippen LogP contribution in [0.4, 0.5) is 5.69 Å². The first-order chi connectivity index (χ1) is 12.9. The lowest BCUT2D eigenvalue weighted by Crippen LogP contribution is -2.19. The van der Waals surface area contributed by atoms with Gasteiger partial charge in [-0.1, -0.05) is 35.9 Å². The monoisotopic (exact) mass is 383 g/mol. The van der Waals surface area contributed by atoms with Crippen molar-refractivity contribution in [2.24, 2.45) is 5.10 Å². The summed E-state index contributed by atoms with van der Waals surface area (Å²) in [5.41, 5.74) is 4.97. The quantitative estimate of drug-likeness (QED) is 0.396.